The van der Waals surface area contributed by atoms with E-state index in [1.54, 1.807) is 0 Å². The number of carbonyl (C=O) groups excluding carboxylic acids is 1. The SMILES string of the molecule is CC1CCN(C(=O)C2CCNCC2)C1c1ccc(C(F)(F)F)cc1.Cl. The molecule has 2 aliphatic rings. The number of nitrogens with zero attached hydrogens (tertiary/aromatic N) is 1. The molecule has 1 aromatic carbocycles. The van der Waals surface area contributed by atoms with Gasteiger partial charge in [0.1, 0.15) is 0 Å². The van der Waals surface area contributed by atoms with E-state index in [2.05, 4.69) is 12.2 Å². The Labute approximate surface area is 152 Å². The predicted octanol–water partition coefficient (Wildman–Crippen LogP) is 4.04. The zero-order valence-corrected chi connectivity index (χ0v) is 15.0. The summed E-state index contributed by atoms with van der Waals surface area (Å²) < 4.78 is 38.3. The summed E-state index contributed by atoms with van der Waals surface area (Å²) in [7, 11) is 0. The molecule has 2 atom stereocenters. The van der Waals surface area contributed by atoms with Crippen LogP contribution >= 0.6 is 12.4 Å². The van der Waals surface area contributed by atoms with E-state index in [4.69, 9.17) is 0 Å². The van der Waals surface area contributed by atoms with Gasteiger partial charge in [0.05, 0.1) is 11.6 Å². The van der Waals surface area contributed by atoms with Crippen molar-refractivity contribution in [2.24, 2.45) is 11.8 Å². The molecule has 2 heterocycles. The van der Waals surface area contributed by atoms with Gasteiger partial charge >= 0.3 is 6.18 Å². The summed E-state index contributed by atoms with van der Waals surface area (Å²) >= 11 is 0. The highest BCUT2D eigenvalue weighted by Crippen LogP contribution is 2.39. The molecule has 3 rings (SSSR count). The lowest BCUT2D eigenvalue weighted by molar-refractivity contribution is -0.138. The van der Waals surface area contributed by atoms with Crippen LogP contribution in [0, 0.1) is 11.8 Å². The molecule has 0 bridgehead atoms. The van der Waals surface area contributed by atoms with Gasteiger partial charge in [0, 0.05) is 12.5 Å². The first-order valence-electron chi connectivity index (χ1n) is 8.56. The quantitative estimate of drug-likeness (QED) is 0.845. The van der Waals surface area contributed by atoms with Crippen LogP contribution in [0.5, 0.6) is 0 Å². The van der Waals surface area contributed by atoms with Crippen molar-refractivity contribution in [1.82, 2.24) is 10.2 Å². The number of hydrogen-bond donors (Lipinski definition) is 1. The molecular weight excluding hydrogens is 353 g/mol. The smallest absolute Gasteiger partial charge is 0.335 e. The number of benzene rings is 1. The Morgan fingerprint density at radius 2 is 1.72 bits per heavy atom. The molecule has 0 aromatic heterocycles. The molecule has 2 fully saturated rings. The number of carbonyl (C=O) groups is 1. The van der Waals surface area contributed by atoms with E-state index in [0.29, 0.717) is 6.54 Å². The number of alkyl halides is 3. The summed E-state index contributed by atoms with van der Waals surface area (Å²) in [4.78, 5) is 14.8. The lowest BCUT2D eigenvalue weighted by Crippen LogP contribution is -2.41. The largest absolute Gasteiger partial charge is 0.416 e. The van der Waals surface area contributed by atoms with Gasteiger partial charge in [-0.2, -0.15) is 13.2 Å². The Kier molecular flexibility index (Phi) is 6.38. The normalized spacial score (nSPS) is 24.9. The molecule has 25 heavy (non-hydrogen) atoms. The molecule has 7 heteroatoms. The lowest BCUT2D eigenvalue weighted by atomic mass is 9.92. The minimum Gasteiger partial charge on any atom is -0.335 e. The van der Waals surface area contributed by atoms with Crippen molar-refractivity contribution in [2.45, 2.75) is 38.4 Å². The van der Waals surface area contributed by atoms with Crippen LogP contribution in [-0.2, 0) is 11.0 Å². The van der Waals surface area contributed by atoms with Crippen LogP contribution in [0.1, 0.15) is 43.4 Å². The van der Waals surface area contributed by atoms with E-state index in [9.17, 15) is 18.0 Å². The van der Waals surface area contributed by atoms with Gasteiger partial charge in [-0.25, -0.2) is 0 Å². The first-order chi connectivity index (χ1) is 11.4. The molecule has 1 N–H and O–H groups in total. The van der Waals surface area contributed by atoms with Crippen molar-refractivity contribution in [1.29, 1.82) is 0 Å². The van der Waals surface area contributed by atoms with Crippen molar-refractivity contribution in [2.75, 3.05) is 19.6 Å². The third-order valence-electron chi connectivity index (χ3n) is 5.25. The number of hydrogen-bond acceptors (Lipinski definition) is 2. The van der Waals surface area contributed by atoms with E-state index in [1.807, 2.05) is 4.90 Å². The summed E-state index contributed by atoms with van der Waals surface area (Å²) in [6, 6.07) is 5.17. The maximum atomic E-state index is 12.9. The third-order valence-corrected chi connectivity index (χ3v) is 5.25. The van der Waals surface area contributed by atoms with Crippen molar-refractivity contribution >= 4 is 18.3 Å². The fraction of sp³-hybridized carbons (Fsp3) is 0.611. The van der Waals surface area contributed by atoms with Crippen LogP contribution in [0.25, 0.3) is 0 Å². The molecule has 0 spiro atoms. The molecular formula is C18H24ClF3N2O. The fourth-order valence-electron chi connectivity index (χ4n) is 3.88. The van der Waals surface area contributed by atoms with E-state index >= 15 is 0 Å². The molecule has 0 aliphatic carbocycles. The molecule has 1 aromatic rings. The summed E-state index contributed by atoms with van der Waals surface area (Å²) in [5, 5.41) is 3.25. The highest BCUT2D eigenvalue weighted by molar-refractivity contribution is 5.85. The Morgan fingerprint density at radius 3 is 2.28 bits per heavy atom. The summed E-state index contributed by atoms with van der Waals surface area (Å²) in [6.07, 6.45) is -1.76. The highest BCUT2D eigenvalue weighted by Gasteiger charge is 2.39. The number of amides is 1. The van der Waals surface area contributed by atoms with Crippen molar-refractivity contribution < 1.29 is 18.0 Å². The standard InChI is InChI=1S/C18H23F3N2O.ClH/c1-12-8-11-23(17(24)14-6-9-22-10-7-14)16(12)13-2-4-15(5-3-13)18(19,20)21;/h2-5,12,14,16,22H,6-11H2,1H3;1H. The summed E-state index contributed by atoms with van der Waals surface area (Å²) in [5.74, 6) is 0.451. The Hall–Kier alpha value is -1.27. The summed E-state index contributed by atoms with van der Waals surface area (Å²) in [5.41, 5.74) is 0.156. The topological polar surface area (TPSA) is 32.3 Å². The van der Waals surface area contributed by atoms with Crippen LogP contribution in [0.3, 0.4) is 0 Å². The maximum Gasteiger partial charge on any atom is 0.416 e. The number of halogens is 4. The van der Waals surface area contributed by atoms with Crippen LogP contribution in [0.4, 0.5) is 13.2 Å². The molecule has 140 valence electrons. The monoisotopic (exact) mass is 376 g/mol. The lowest BCUT2D eigenvalue weighted by Gasteiger charge is -2.32. The van der Waals surface area contributed by atoms with Gasteiger partial charge in [-0.3, -0.25) is 4.79 Å². The second-order valence-electron chi connectivity index (χ2n) is 6.89. The number of likely N-dealkylation sites (tertiary alicyclic amines) is 1. The molecule has 3 nitrogen and oxygen atoms in total. The minimum absolute atomic E-state index is 0. The predicted molar refractivity (Wildman–Crippen MR) is 92.5 cm³/mol. The Morgan fingerprint density at radius 1 is 1.12 bits per heavy atom. The molecule has 2 unspecified atom stereocenters. The minimum atomic E-state index is -4.33. The number of piperidine rings is 1. The van der Waals surface area contributed by atoms with Crippen molar-refractivity contribution in [3.63, 3.8) is 0 Å². The van der Waals surface area contributed by atoms with Gasteiger partial charge < -0.3 is 10.2 Å². The van der Waals surface area contributed by atoms with Gasteiger partial charge in [0.2, 0.25) is 5.91 Å². The number of nitrogens with one attached hydrogen (secondary N) is 1. The molecule has 0 radical (unpaired) electrons. The second-order valence-corrected chi connectivity index (χ2v) is 6.89. The van der Waals surface area contributed by atoms with E-state index in [0.717, 1.165) is 50.0 Å². The van der Waals surface area contributed by atoms with Crippen LogP contribution < -0.4 is 5.32 Å². The third kappa shape index (κ3) is 4.29. The van der Waals surface area contributed by atoms with Crippen LogP contribution in [-0.4, -0.2) is 30.4 Å². The Balaban J connectivity index is 0.00000225. The van der Waals surface area contributed by atoms with Crippen molar-refractivity contribution in [3.05, 3.63) is 35.4 Å². The van der Waals surface area contributed by atoms with E-state index in [1.165, 1.54) is 12.1 Å². The van der Waals surface area contributed by atoms with Gasteiger partial charge in [0.25, 0.3) is 0 Å². The Bertz CT molecular complexity index is 585. The van der Waals surface area contributed by atoms with Crippen LogP contribution in [0.15, 0.2) is 24.3 Å². The second kappa shape index (κ2) is 7.96. The van der Waals surface area contributed by atoms with Crippen LogP contribution in [0.2, 0.25) is 0 Å². The first kappa shape index (κ1) is 20.0. The van der Waals surface area contributed by atoms with Gasteiger partial charge in [0.15, 0.2) is 0 Å². The maximum absolute atomic E-state index is 12.9. The zero-order valence-electron chi connectivity index (χ0n) is 14.2. The molecule has 2 aliphatic heterocycles. The average Bonchev–Trinajstić information content (AvgIpc) is 2.96. The first-order valence-corrected chi connectivity index (χ1v) is 8.56. The van der Waals surface area contributed by atoms with Gasteiger partial charge in [-0.1, -0.05) is 19.1 Å². The van der Waals surface area contributed by atoms with E-state index < -0.39 is 11.7 Å². The van der Waals surface area contributed by atoms with Gasteiger partial charge in [-0.05, 0) is 56.0 Å². The molecule has 0 saturated carbocycles. The average molecular weight is 377 g/mol. The summed E-state index contributed by atoms with van der Waals surface area (Å²) in [6.45, 7) is 4.46. The fourth-order valence-corrected chi connectivity index (χ4v) is 3.88. The van der Waals surface area contributed by atoms with Gasteiger partial charge in [-0.15, -0.1) is 12.4 Å². The molecule has 2 saturated heterocycles. The molecule has 1 amide bonds. The van der Waals surface area contributed by atoms with Crippen molar-refractivity contribution in [3.8, 4) is 0 Å². The number of rotatable bonds is 2. The highest BCUT2D eigenvalue weighted by atomic mass is 35.5. The zero-order chi connectivity index (χ0) is 17.3. The van der Waals surface area contributed by atoms with E-state index in [-0.39, 0.29) is 36.2 Å².